The van der Waals surface area contributed by atoms with E-state index >= 15 is 0 Å². The Morgan fingerprint density at radius 2 is 1.90 bits per heavy atom. The zero-order valence-corrected chi connectivity index (χ0v) is 22.0. The number of nitrogens with zero attached hydrogens (tertiary/aromatic N) is 4. The minimum atomic E-state index is -0.278. The van der Waals surface area contributed by atoms with E-state index in [0.717, 1.165) is 66.3 Å². The molecule has 0 bridgehead atoms. The highest BCUT2D eigenvalue weighted by atomic mass is 16.6. The number of fused-ring (bicyclic) bond motifs is 1. The summed E-state index contributed by atoms with van der Waals surface area (Å²) in [5.74, 6) is 1.15. The van der Waals surface area contributed by atoms with Crippen LogP contribution in [0.5, 0.6) is 11.5 Å². The van der Waals surface area contributed by atoms with Gasteiger partial charge in [0.05, 0.1) is 12.0 Å². The number of hydrogen-bond acceptors (Lipinski definition) is 7. The van der Waals surface area contributed by atoms with Gasteiger partial charge in [0.25, 0.3) is 5.91 Å². The Balaban J connectivity index is 1.26. The largest absolute Gasteiger partial charge is 0.486 e. The molecule has 2 aliphatic heterocycles. The van der Waals surface area contributed by atoms with Crippen LogP contribution >= 0.6 is 0 Å². The minimum Gasteiger partial charge on any atom is -0.486 e. The highest BCUT2D eigenvalue weighted by Crippen LogP contribution is 2.34. The van der Waals surface area contributed by atoms with Gasteiger partial charge >= 0.3 is 0 Å². The number of aryl methyl sites for hydroxylation is 1. The number of amides is 1. The topological polar surface area (TPSA) is 108 Å². The van der Waals surface area contributed by atoms with E-state index in [-0.39, 0.29) is 11.9 Å². The standard InChI is InChI=1S/C30H32N6O3/c1-20-16-36(19-33-20)26-12-21(17-35-8-2-3-24(31)18-35)11-25(15-26)34-30(37)27-13-23(6-7-32-27)22-4-5-28-29(14-22)39-10-9-38-28/h4-7,11-16,19,24H,2-3,8-10,17-18,31H2,1H3,(H,34,37)/t24-/m0/s1. The third-order valence-corrected chi connectivity index (χ3v) is 7.06. The maximum absolute atomic E-state index is 13.4. The summed E-state index contributed by atoms with van der Waals surface area (Å²) in [7, 11) is 0. The Hall–Kier alpha value is -4.21. The van der Waals surface area contributed by atoms with Crippen molar-refractivity contribution in [3.05, 3.63) is 84.2 Å². The van der Waals surface area contributed by atoms with Gasteiger partial charge in [-0.15, -0.1) is 0 Å². The molecule has 6 rings (SSSR count). The number of aromatic nitrogens is 3. The summed E-state index contributed by atoms with van der Waals surface area (Å²) >= 11 is 0. The molecule has 1 amide bonds. The molecule has 2 aliphatic rings. The summed E-state index contributed by atoms with van der Waals surface area (Å²) in [6, 6.07) is 15.8. The van der Waals surface area contributed by atoms with E-state index in [1.54, 1.807) is 18.6 Å². The zero-order chi connectivity index (χ0) is 26.8. The molecule has 2 aromatic carbocycles. The van der Waals surface area contributed by atoms with E-state index in [0.29, 0.717) is 30.3 Å². The lowest BCUT2D eigenvalue weighted by molar-refractivity contribution is 0.102. The fourth-order valence-corrected chi connectivity index (χ4v) is 5.19. The smallest absolute Gasteiger partial charge is 0.274 e. The molecule has 0 unspecified atom stereocenters. The number of rotatable bonds is 6. The van der Waals surface area contributed by atoms with Gasteiger partial charge in [-0.1, -0.05) is 6.07 Å². The summed E-state index contributed by atoms with van der Waals surface area (Å²) in [6.45, 7) is 5.66. The van der Waals surface area contributed by atoms with Gasteiger partial charge in [-0.2, -0.15) is 0 Å². The second-order valence-corrected chi connectivity index (χ2v) is 10.2. The number of anilines is 1. The number of pyridine rings is 1. The van der Waals surface area contributed by atoms with Crippen LogP contribution in [0.4, 0.5) is 5.69 Å². The molecule has 4 heterocycles. The Morgan fingerprint density at radius 3 is 2.72 bits per heavy atom. The third kappa shape index (κ3) is 5.79. The Bertz CT molecular complexity index is 1500. The molecule has 0 spiro atoms. The van der Waals surface area contributed by atoms with Crippen molar-refractivity contribution in [2.45, 2.75) is 32.4 Å². The molecule has 9 heteroatoms. The Kier molecular flexibility index (Phi) is 7.00. The van der Waals surface area contributed by atoms with Crippen LogP contribution in [-0.4, -0.2) is 57.7 Å². The van der Waals surface area contributed by atoms with E-state index in [9.17, 15) is 4.79 Å². The first-order chi connectivity index (χ1) is 19.0. The van der Waals surface area contributed by atoms with Crippen LogP contribution in [0.25, 0.3) is 16.8 Å². The van der Waals surface area contributed by atoms with E-state index in [1.807, 2.05) is 54.1 Å². The molecule has 2 aromatic heterocycles. The number of ether oxygens (including phenoxy) is 2. The first kappa shape index (κ1) is 25.1. The normalized spacial score (nSPS) is 17.1. The van der Waals surface area contributed by atoms with Gasteiger partial charge < -0.3 is 25.1 Å². The Morgan fingerprint density at radius 1 is 1.05 bits per heavy atom. The second-order valence-electron chi connectivity index (χ2n) is 10.2. The van der Waals surface area contributed by atoms with Gasteiger partial charge in [-0.3, -0.25) is 14.7 Å². The summed E-state index contributed by atoms with van der Waals surface area (Å²) in [6.07, 6.45) is 7.56. The van der Waals surface area contributed by atoms with Crippen LogP contribution in [0, 0.1) is 6.92 Å². The molecule has 4 aromatic rings. The second kappa shape index (κ2) is 10.9. The van der Waals surface area contributed by atoms with Crippen molar-refractivity contribution in [2.75, 3.05) is 31.6 Å². The van der Waals surface area contributed by atoms with Gasteiger partial charge in [-0.25, -0.2) is 4.98 Å². The predicted octanol–water partition coefficient (Wildman–Crippen LogP) is 4.19. The monoisotopic (exact) mass is 524 g/mol. The first-order valence-corrected chi connectivity index (χ1v) is 13.3. The number of hydrogen-bond donors (Lipinski definition) is 2. The molecule has 200 valence electrons. The molecule has 1 fully saturated rings. The van der Waals surface area contributed by atoms with Gasteiger partial charge in [0, 0.05) is 42.9 Å². The Labute approximate surface area is 227 Å². The zero-order valence-electron chi connectivity index (χ0n) is 22.0. The van der Waals surface area contributed by atoms with Crippen molar-refractivity contribution in [1.29, 1.82) is 0 Å². The van der Waals surface area contributed by atoms with E-state index < -0.39 is 0 Å². The summed E-state index contributed by atoms with van der Waals surface area (Å²) < 4.78 is 13.3. The predicted molar refractivity (Wildman–Crippen MR) is 149 cm³/mol. The SMILES string of the molecule is Cc1cn(-c2cc(CN3CCC[C@H](N)C3)cc(NC(=O)c3cc(-c4ccc5c(c4)OCCO5)ccn3)c2)cn1. The fourth-order valence-electron chi connectivity index (χ4n) is 5.19. The molecule has 39 heavy (non-hydrogen) atoms. The number of imidazole rings is 1. The van der Waals surface area contributed by atoms with Crippen molar-refractivity contribution in [3.8, 4) is 28.3 Å². The maximum Gasteiger partial charge on any atom is 0.274 e. The van der Waals surface area contributed by atoms with Crippen LogP contribution in [0.1, 0.15) is 34.6 Å². The van der Waals surface area contributed by atoms with Crippen LogP contribution in [0.15, 0.2) is 67.3 Å². The highest BCUT2D eigenvalue weighted by molar-refractivity contribution is 6.03. The molecule has 0 radical (unpaired) electrons. The molecular weight excluding hydrogens is 492 g/mol. The lowest BCUT2D eigenvalue weighted by Crippen LogP contribution is -2.42. The number of benzene rings is 2. The average molecular weight is 525 g/mol. The number of carbonyl (C=O) groups excluding carboxylic acids is 1. The van der Waals surface area contributed by atoms with Crippen LogP contribution in [0.2, 0.25) is 0 Å². The number of nitrogens with one attached hydrogen (secondary N) is 1. The molecule has 0 saturated carbocycles. The van der Waals surface area contributed by atoms with Gasteiger partial charge in [0.15, 0.2) is 11.5 Å². The highest BCUT2D eigenvalue weighted by Gasteiger charge is 2.18. The van der Waals surface area contributed by atoms with Crippen molar-refractivity contribution >= 4 is 11.6 Å². The van der Waals surface area contributed by atoms with Crippen molar-refractivity contribution in [2.24, 2.45) is 5.73 Å². The fraction of sp³-hybridized carbons (Fsp3) is 0.300. The van der Waals surface area contributed by atoms with Gasteiger partial charge in [0.2, 0.25) is 0 Å². The molecule has 0 aliphatic carbocycles. The molecular formula is C30H32N6O3. The van der Waals surface area contributed by atoms with Crippen LogP contribution in [-0.2, 0) is 6.54 Å². The van der Waals surface area contributed by atoms with Crippen molar-refractivity contribution < 1.29 is 14.3 Å². The molecule has 1 atom stereocenters. The minimum absolute atomic E-state index is 0.199. The first-order valence-electron chi connectivity index (χ1n) is 13.3. The van der Waals surface area contributed by atoms with Crippen LogP contribution < -0.4 is 20.5 Å². The lowest BCUT2D eigenvalue weighted by atomic mass is 10.0. The average Bonchev–Trinajstić information content (AvgIpc) is 3.39. The van der Waals surface area contributed by atoms with Crippen molar-refractivity contribution in [1.82, 2.24) is 19.4 Å². The number of piperidine rings is 1. The summed E-state index contributed by atoms with van der Waals surface area (Å²) in [4.78, 5) is 24.5. The van der Waals surface area contributed by atoms with Gasteiger partial charge in [-0.05, 0) is 85.5 Å². The summed E-state index contributed by atoms with van der Waals surface area (Å²) in [5.41, 5.74) is 12.0. The van der Waals surface area contributed by atoms with Gasteiger partial charge in [0.1, 0.15) is 18.9 Å². The number of nitrogens with two attached hydrogens (primary N) is 1. The maximum atomic E-state index is 13.4. The summed E-state index contributed by atoms with van der Waals surface area (Å²) in [5, 5.41) is 3.07. The van der Waals surface area contributed by atoms with E-state index in [4.69, 9.17) is 15.2 Å². The molecule has 1 saturated heterocycles. The number of likely N-dealkylation sites (tertiary alicyclic amines) is 1. The lowest BCUT2D eigenvalue weighted by Gasteiger charge is -2.30. The number of carbonyl (C=O) groups is 1. The molecule has 9 nitrogen and oxygen atoms in total. The van der Waals surface area contributed by atoms with Crippen molar-refractivity contribution in [3.63, 3.8) is 0 Å². The van der Waals surface area contributed by atoms with E-state index in [1.165, 1.54) is 0 Å². The molecule has 3 N–H and O–H groups in total. The van der Waals surface area contributed by atoms with Crippen LogP contribution in [0.3, 0.4) is 0 Å². The van der Waals surface area contributed by atoms with E-state index in [2.05, 4.69) is 26.3 Å². The quantitative estimate of drug-likeness (QED) is 0.389. The third-order valence-electron chi connectivity index (χ3n) is 7.06.